The molecular weight excluding hydrogens is 242 g/mol. The Morgan fingerprint density at radius 1 is 1.40 bits per heavy atom. The van der Waals surface area contributed by atoms with Crippen LogP contribution in [0.5, 0.6) is 0 Å². The van der Waals surface area contributed by atoms with Gasteiger partial charge < -0.3 is 5.32 Å². The number of rotatable bonds is 1. The van der Waals surface area contributed by atoms with E-state index >= 15 is 0 Å². The first-order valence-corrected chi connectivity index (χ1v) is 4.69. The highest BCUT2D eigenvalue weighted by Gasteiger charge is 2.09. The first kappa shape index (κ1) is 12.0. The molecule has 0 saturated carbocycles. The molecule has 0 fully saturated rings. The maximum absolute atomic E-state index is 12.8. The SMILES string of the molecule is CN=C(NN)Nc1c(Cl)cc(F)cc1Cl. The number of nitrogens with one attached hydrogen (secondary N) is 2. The number of aliphatic imine (C=N–C) groups is 1. The molecule has 0 spiro atoms. The minimum absolute atomic E-state index is 0.149. The minimum Gasteiger partial charge on any atom is -0.323 e. The Hall–Kier alpha value is -1.04. The fraction of sp³-hybridized carbons (Fsp3) is 0.125. The predicted molar refractivity (Wildman–Crippen MR) is 60.7 cm³/mol. The summed E-state index contributed by atoms with van der Waals surface area (Å²) < 4.78 is 12.8. The highest BCUT2D eigenvalue weighted by Crippen LogP contribution is 2.31. The van der Waals surface area contributed by atoms with Crippen molar-refractivity contribution in [1.82, 2.24) is 5.43 Å². The summed E-state index contributed by atoms with van der Waals surface area (Å²) in [4.78, 5) is 3.76. The number of nitrogens with zero attached hydrogens (tertiary/aromatic N) is 1. The van der Waals surface area contributed by atoms with Gasteiger partial charge in [-0.2, -0.15) is 0 Å². The molecule has 1 aromatic carbocycles. The van der Waals surface area contributed by atoms with Crippen LogP contribution in [0.15, 0.2) is 17.1 Å². The van der Waals surface area contributed by atoms with Crippen molar-refractivity contribution in [3.63, 3.8) is 0 Å². The Morgan fingerprint density at radius 2 is 1.93 bits per heavy atom. The van der Waals surface area contributed by atoms with Gasteiger partial charge in [-0.1, -0.05) is 23.2 Å². The lowest BCUT2D eigenvalue weighted by atomic mass is 10.3. The van der Waals surface area contributed by atoms with E-state index < -0.39 is 5.82 Å². The standard InChI is InChI=1S/C8H9Cl2FN4/c1-13-8(15-12)14-7-5(9)2-4(11)3-6(7)10/h2-3H,12H2,1H3,(H2,13,14,15). The number of guanidine groups is 1. The number of nitrogens with two attached hydrogens (primary N) is 1. The summed E-state index contributed by atoms with van der Waals surface area (Å²) >= 11 is 11.6. The molecule has 0 aliphatic heterocycles. The second kappa shape index (κ2) is 5.16. The normalized spacial score (nSPS) is 11.4. The van der Waals surface area contributed by atoms with Crippen LogP contribution in [0.2, 0.25) is 10.0 Å². The van der Waals surface area contributed by atoms with Crippen LogP contribution < -0.4 is 16.6 Å². The number of hydrazine groups is 1. The molecular formula is C8H9Cl2FN4. The van der Waals surface area contributed by atoms with Crippen LogP contribution >= 0.6 is 23.2 Å². The van der Waals surface area contributed by atoms with Crippen LogP contribution in [0.1, 0.15) is 0 Å². The number of hydrogen-bond donors (Lipinski definition) is 3. The van der Waals surface area contributed by atoms with E-state index in [2.05, 4.69) is 15.7 Å². The highest BCUT2D eigenvalue weighted by atomic mass is 35.5. The van der Waals surface area contributed by atoms with Crippen molar-refractivity contribution in [2.45, 2.75) is 0 Å². The van der Waals surface area contributed by atoms with Gasteiger partial charge >= 0.3 is 0 Å². The van der Waals surface area contributed by atoms with E-state index in [1.54, 1.807) is 0 Å². The van der Waals surface area contributed by atoms with Crippen molar-refractivity contribution in [3.8, 4) is 0 Å². The highest BCUT2D eigenvalue weighted by molar-refractivity contribution is 6.39. The number of halogens is 3. The van der Waals surface area contributed by atoms with E-state index in [4.69, 9.17) is 29.0 Å². The fourth-order valence-electron chi connectivity index (χ4n) is 0.937. The second-order valence-electron chi connectivity index (χ2n) is 2.59. The Morgan fingerprint density at radius 3 is 2.33 bits per heavy atom. The van der Waals surface area contributed by atoms with Crippen LogP contribution in [-0.4, -0.2) is 13.0 Å². The summed E-state index contributed by atoms with van der Waals surface area (Å²) in [6, 6.07) is 2.28. The molecule has 4 nitrogen and oxygen atoms in total. The van der Waals surface area contributed by atoms with E-state index in [-0.39, 0.29) is 16.0 Å². The monoisotopic (exact) mass is 250 g/mol. The summed E-state index contributed by atoms with van der Waals surface area (Å²) in [5.41, 5.74) is 2.64. The van der Waals surface area contributed by atoms with Crippen molar-refractivity contribution in [2.24, 2.45) is 10.8 Å². The molecule has 7 heteroatoms. The van der Waals surface area contributed by atoms with Crippen molar-refractivity contribution >= 4 is 34.8 Å². The summed E-state index contributed by atoms with van der Waals surface area (Å²) in [6.45, 7) is 0. The third kappa shape index (κ3) is 2.95. The van der Waals surface area contributed by atoms with Gasteiger partial charge in [-0.3, -0.25) is 10.4 Å². The zero-order valence-electron chi connectivity index (χ0n) is 7.81. The topological polar surface area (TPSA) is 62.4 Å². The van der Waals surface area contributed by atoms with E-state index in [1.165, 1.54) is 7.05 Å². The van der Waals surface area contributed by atoms with Gasteiger partial charge in [0.05, 0.1) is 15.7 Å². The van der Waals surface area contributed by atoms with Crippen molar-refractivity contribution in [1.29, 1.82) is 0 Å². The van der Waals surface area contributed by atoms with E-state index in [1.807, 2.05) is 0 Å². The number of anilines is 1. The van der Waals surface area contributed by atoms with Gasteiger partial charge in [0, 0.05) is 7.05 Å². The summed E-state index contributed by atoms with van der Waals surface area (Å²) in [6.07, 6.45) is 0. The predicted octanol–water partition coefficient (Wildman–Crippen LogP) is 1.99. The Kier molecular flexibility index (Phi) is 4.14. The first-order chi connectivity index (χ1) is 7.08. The summed E-state index contributed by atoms with van der Waals surface area (Å²) in [7, 11) is 1.52. The first-order valence-electron chi connectivity index (χ1n) is 3.93. The minimum atomic E-state index is -0.508. The molecule has 0 bridgehead atoms. The quantitative estimate of drug-likeness (QED) is 0.309. The third-order valence-corrected chi connectivity index (χ3v) is 2.21. The lowest BCUT2D eigenvalue weighted by Gasteiger charge is -2.11. The van der Waals surface area contributed by atoms with Crippen LogP contribution in [0.25, 0.3) is 0 Å². The molecule has 0 aromatic heterocycles. The van der Waals surface area contributed by atoms with Gasteiger partial charge in [0.2, 0.25) is 5.96 Å². The molecule has 4 N–H and O–H groups in total. The molecule has 0 radical (unpaired) electrons. The smallest absolute Gasteiger partial charge is 0.210 e. The maximum Gasteiger partial charge on any atom is 0.210 e. The lowest BCUT2D eigenvalue weighted by molar-refractivity contribution is 0.628. The van der Waals surface area contributed by atoms with Crippen LogP contribution in [0.3, 0.4) is 0 Å². The van der Waals surface area contributed by atoms with E-state index in [0.717, 1.165) is 12.1 Å². The Bertz CT molecular complexity index is 371. The van der Waals surface area contributed by atoms with Gasteiger partial charge in [-0.15, -0.1) is 0 Å². The molecule has 0 amide bonds. The van der Waals surface area contributed by atoms with Gasteiger partial charge in [-0.05, 0) is 12.1 Å². The average molecular weight is 251 g/mol. The second-order valence-corrected chi connectivity index (χ2v) is 3.40. The molecule has 0 aliphatic carbocycles. The molecule has 15 heavy (non-hydrogen) atoms. The fourth-order valence-corrected chi connectivity index (χ4v) is 1.49. The van der Waals surface area contributed by atoms with Crippen molar-refractivity contribution < 1.29 is 4.39 Å². The van der Waals surface area contributed by atoms with Gasteiger partial charge in [-0.25, -0.2) is 10.2 Å². The van der Waals surface area contributed by atoms with Gasteiger partial charge in [0.25, 0.3) is 0 Å². The van der Waals surface area contributed by atoms with Crippen molar-refractivity contribution in [3.05, 3.63) is 28.0 Å². The van der Waals surface area contributed by atoms with Crippen molar-refractivity contribution in [2.75, 3.05) is 12.4 Å². The molecule has 0 aliphatic rings. The van der Waals surface area contributed by atoms with E-state index in [0.29, 0.717) is 5.69 Å². The zero-order chi connectivity index (χ0) is 11.4. The summed E-state index contributed by atoms with van der Waals surface area (Å²) in [5, 5.41) is 3.02. The van der Waals surface area contributed by atoms with Crippen LogP contribution in [0, 0.1) is 5.82 Å². The molecule has 0 heterocycles. The molecule has 1 rings (SSSR count). The molecule has 0 unspecified atom stereocenters. The number of benzene rings is 1. The zero-order valence-corrected chi connectivity index (χ0v) is 9.33. The number of hydrogen-bond acceptors (Lipinski definition) is 2. The van der Waals surface area contributed by atoms with Gasteiger partial charge in [0.15, 0.2) is 0 Å². The largest absolute Gasteiger partial charge is 0.323 e. The van der Waals surface area contributed by atoms with E-state index in [9.17, 15) is 4.39 Å². The van der Waals surface area contributed by atoms with Crippen LogP contribution in [-0.2, 0) is 0 Å². The molecule has 1 aromatic rings. The lowest BCUT2D eigenvalue weighted by Crippen LogP contribution is -2.36. The Balaban J connectivity index is 3.05. The molecule has 82 valence electrons. The van der Waals surface area contributed by atoms with Crippen LogP contribution in [0.4, 0.5) is 10.1 Å². The molecule has 0 saturated heterocycles. The average Bonchev–Trinajstić information content (AvgIpc) is 2.17. The molecule has 0 atom stereocenters. The van der Waals surface area contributed by atoms with Gasteiger partial charge in [0.1, 0.15) is 5.82 Å². The Labute approximate surface area is 96.2 Å². The summed E-state index contributed by atoms with van der Waals surface area (Å²) in [5.74, 6) is 4.92. The maximum atomic E-state index is 12.8. The third-order valence-electron chi connectivity index (χ3n) is 1.61.